The molecule has 0 atom stereocenters. The van der Waals surface area contributed by atoms with Crippen LogP contribution in [0.4, 0.5) is 5.69 Å². The summed E-state index contributed by atoms with van der Waals surface area (Å²) in [5, 5.41) is 4.47. The van der Waals surface area contributed by atoms with Gasteiger partial charge in [0.25, 0.3) is 0 Å². The van der Waals surface area contributed by atoms with Crippen LogP contribution in [0, 0.1) is 5.41 Å². The number of amidine groups is 1. The molecule has 2 nitrogen and oxygen atoms in total. The third-order valence-corrected chi connectivity index (χ3v) is 5.95. The molecule has 0 bridgehead atoms. The Morgan fingerprint density at radius 3 is 2.40 bits per heavy atom. The van der Waals surface area contributed by atoms with Gasteiger partial charge in [-0.25, -0.2) is 0 Å². The molecular weight excluding hydrogens is 328 g/mol. The number of hydrogen-bond donors (Lipinski definition) is 1. The second-order valence-electron chi connectivity index (χ2n) is 7.44. The van der Waals surface area contributed by atoms with Crippen molar-refractivity contribution < 1.29 is 0 Å². The quantitative estimate of drug-likeness (QED) is 0.678. The summed E-state index contributed by atoms with van der Waals surface area (Å²) < 4.78 is 0. The Morgan fingerprint density at radius 1 is 0.920 bits per heavy atom. The fraction of sp³-hybridized carbons (Fsp3) is 0.409. The van der Waals surface area contributed by atoms with Crippen LogP contribution in [0.2, 0.25) is 5.02 Å². The number of aliphatic imine (C=N–C) groups is 1. The van der Waals surface area contributed by atoms with Crippen LogP contribution in [0.15, 0.2) is 53.5 Å². The van der Waals surface area contributed by atoms with Gasteiger partial charge in [-0.1, -0.05) is 67.6 Å². The third kappa shape index (κ3) is 3.59. The molecule has 1 spiro atoms. The topological polar surface area (TPSA) is 24.4 Å². The lowest BCUT2D eigenvalue weighted by Crippen LogP contribution is -2.42. The molecule has 3 heteroatoms. The van der Waals surface area contributed by atoms with Crippen molar-refractivity contribution in [3.05, 3.63) is 64.7 Å². The van der Waals surface area contributed by atoms with Crippen molar-refractivity contribution in [3.63, 3.8) is 0 Å². The Kier molecular flexibility index (Phi) is 4.80. The number of para-hydroxylation sites is 1. The Balaban J connectivity index is 1.66. The van der Waals surface area contributed by atoms with Crippen LogP contribution in [0.3, 0.4) is 0 Å². The molecule has 25 heavy (non-hydrogen) atoms. The van der Waals surface area contributed by atoms with E-state index in [1.165, 1.54) is 61.2 Å². The molecule has 0 unspecified atom stereocenters. The minimum Gasteiger partial charge on any atom is -0.343 e. The highest BCUT2D eigenvalue weighted by Gasteiger charge is 2.40. The highest BCUT2D eigenvalue weighted by atomic mass is 35.5. The zero-order valence-electron chi connectivity index (χ0n) is 14.6. The summed E-state index contributed by atoms with van der Waals surface area (Å²) in [6.45, 7) is 0.712. The summed E-state index contributed by atoms with van der Waals surface area (Å²) in [5.74, 6) is 1.20. The van der Waals surface area contributed by atoms with Crippen molar-refractivity contribution in [2.45, 2.75) is 51.5 Å². The van der Waals surface area contributed by atoms with Gasteiger partial charge in [-0.2, -0.15) is 0 Å². The zero-order chi connectivity index (χ0) is 17.1. The predicted molar refractivity (Wildman–Crippen MR) is 106 cm³/mol. The molecule has 1 N–H and O–H groups in total. The number of fused-ring (bicyclic) bond motifs is 1. The van der Waals surface area contributed by atoms with Gasteiger partial charge in [0.2, 0.25) is 0 Å². The van der Waals surface area contributed by atoms with Gasteiger partial charge in [0, 0.05) is 16.1 Å². The van der Waals surface area contributed by atoms with E-state index >= 15 is 0 Å². The number of benzene rings is 2. The first-order valence-electron chi connectivity index (χ1n) is 9.40. The molecule has 0 amide bonds. The molecule has 130 valence electrons. The monoisotopic (exact) mass is 352 g/mol. The van der Waals surface area contributed by atoms with E-state index in [2.05, 4.69) is 41.7 Å². The van der Waals surface area contributed by atoms with Crippen molar-refractivity contribution in [2.24, 2.45) is 10.4 Å². The van der Waals surface area contributed by atoms with Gasteiger partial charge in [0.15, 0.2) is 0 Å². The van der Waals surface area contributed by atoms with Gasteiger partial charge in [-0.05, 0) is 48.6 Å². The van der Waals surface area contributed by atoms with E-state index in [1.54, 1.807) is 0 Å². The molecule has 2 aromatic rings. The average molecular weight is 353 g/mol. The largest absolute Gasteiger partial charge is 0.343 e. The summed E-state index contributed by atoms with van der Waals surface area (Å²) >= 11 is 6.00. The Labute approximate surface area is 155 Å². The van der Waals surface area contributed by atoms with Crippen molar-refractivity contribution in [1.29, 1.82) is 0 Å². The van der Waals surface area contributed by atoms with Crippen LogP contribution >= 0.6 is 11.6 Å². The SMILES string of the molecule is Clc1ccc(CN=C2Nc3ccccc3CC23CCCCCC3)cc1. The average Bonchev–Trinajstić information content (AvgIpc) is 2.87. The molecule has 4 rings (SSSR count). The number of anilines is 1. The smallest absolute Gasteiger partial charge is 0.108 e. The van der Waals surface area contributed by atoms with Gasteiger partial charge < -0.3 is 5.32 Å². The fourth-order valence-electron chi connectivity index (χ4n) is 4.29. The van der Waals surface area contributed by atoms with E-state index < -0.39 is 0 Å². The Bertz CT molecular complexity index is 756. The molecule has 0 aromatic heterocycles. The second-order valence-corrected chi connectivity index (χ2v) is 7.88. The van der Waals surface area contributed by atoms with Crippen LogP contribution in [-0.2, 0) is 13.0 Å². The lowest BCUT2D eigenvalue weighted by molar-refractivity contribution is 0.354. The molecule has 1 saturated carbocycles. The lowest BCUT2D eigenvalue weighted by atomic mass is 9.72. The van der Waals surface area contributed by atoms with E-state index in [0.717, 1.165) is 11.4 Å². The summed E-state index contributed by atoms with van der Waals surface area (Å²) in [5.41, 5.74) is 4.07. The first kappa shape index (κ1) is 16.7. The normalized spacial score (nSPS) is 20.8. The summed E-state index contributed by atoms with van der Waals surface area (Å²) in [6.07, 6.45) is 8.94. The minimum atomic E-state index is 0.192. The Hall–Kier alpha value is -1.80. The van der Waals surface area contributed by atoms with E-state index in [9.17, 15) is 0 Å². The molecule has 1 aliphatic carbocycles. The molecule has 0 saturated heterocycles. The van der Waals surface area contributed by atoms with Crippen LogP contribution < -0.4 is 5.32 Å². The van der Waals surface area contributed by atoms with E-state index in [4.69, 9.17) is 16.6 Å². The first-order chi connectivity index (χ1) is 12.3. The molecule has 2 aromatic carbocycles. The fourth-order valence-corrected chi connectivity index (χ4v) is 4.42. The first-order valence-corrected chi connectivity index (χ1v) is 9.77. The summed E-state index contributed by atoms with van der Waals surface area (Å²) in [7, 11) is 0. The van der Waals surface area contributed by atoms with Crippen molar-refractivity contribution in [2.75, 3.05) is 5.32 Å². The van der Waals surface area contributed by atoms with Crippen LogP contribution in [0.5, 0.6) is 0 Å². The van der Waals surface area contributed by atoms with Gasteiger partial charge in [0.05, 0.1) is 6.54 Å². The van der Waals surface area contributed by atoms with Crippen molar-refractivity contribution >= 4 is 23.1 Å². The van der Waals surface area contributed by atoms with Crippen molar-refractivity contribution in [1.82, 2.24) is 0 Å². The van der Waals surface area contributed by atoms with E-state index in [-0.39, 0.29) is 5.41 Å². The molecule has 1 heterocycles. The van der Waals surface area contributed by atoms with Gasteiger partial charge >= 0.3 is 0 Å². The van der Waals surface area contributed by atoms with Crippen LogP contribution in [-0.4, -0.2) is 5.84 Å². The number of nitrogens with zero attached hydrogens (tertiary/aromatic N) is 1. The number of nitrogens with one attached hydrogen (secondary N) is 1. The van der Waals surface area contributed by atoms with E-state index in [1.807, 2.05) is 12.1 Å². The molecule has 0 radical (unpaired) electrons. The summed E-state index contributed by atoms with van der Waals surface area (Å²) in [4.78, 5) is 5.06. The van der Waals surface area contributed by atoms with Crippen LogP contribution in [0.25, 0.3) is 0 Å². The third-order valence-electron chi connectivity index (χ3n) is 5.70. The number of hydrogen-bond acceptors (Lipinski definition) is 1. The maximum Gasteiger partial charge on any atom is 0.108 e. The Morgan fingerprint density at radius 2 is 1.64 bits per heavy atom. The lowest BCUT2D eigenvalue weighted by Gasteiger charge is -2.39. The second kappa shape index (κ2) is 7.21. The van der Waals surface area contributed by atoms with E-state index in [0.29, 0.717) is 6.54 Å². The van der Waals surface area contributed by atoms with Gasteiger partial charge in [-0.3, -0.25) is 4.99 Å². The van der Waals surface area contributed by atoms with Gasteiger partial charge in [-0.15, -0.1) is 0 Å². The molecular formula is C22H25ClN2. The standard InChI is InChI=1S/C22H25ClN2/c23-19-11-9-17(10-12-19)16-24-21-22(13-5-1-2-6-14-22)15-18-7-3-4-8-20(18)25-21/h3-4,7-12H,1-2,5-6,13-16H2,(H,24,25). The highest BCUT2D eigenvalue weighted by molar-refractivity contribution is 6.30. The highest BCUT2D eigenvalue weighted by Crippen LogP contribution is 2.44. The van der Waals surface area contributed by atoms with Gasteiger partial charge in [0.1, 0.15) is 5.84 Å². The number of halogens is 1. The molecule has 2 aliphatic rings. The maximum absolute atomic E-state index is 6.00. The summed E-state index contributed by atoms with van der Waals surface area (Å²) in [6, 6.07) is 16.7. The predicted octanol–water partition coefficient (Wildman–Crippen LogP) is 6.25. The zero-order valence-corrected chi connectivity index (χ0v) is 15.4. The van der Waals surface area contributed by atoms with Crippen molar-refractivity contribution in [3.8, 4) is 0 Å². The van der Waals surface area contributed by atoms with Crippen LogP contribution in [0.1, 0.15) is 49.7 Å². The number of rotatable bonds is 2. The minimum absolute atomic E-state index is 0.192. The maximum atomic E-state index is 6.00. The molecule has 1 fully saturated rings. The molecule has 1 aliphatic heterocycles.